The molecule has 3 rings (SSSR count). The van der Waals surface area contributed by atoms with Crippen molar-refractivity contribution in [3.8, 4) is 11.5 Å². The van der Waals surface area contributed by atoms with E-state index in [-0.39, 0.29) is 17.6 Å². The van der Waals surface area contributed by atoms with E-state index >= 15 is 0 Å². The van der Waals surface area contributed by atoms with Crippen molar-refractivity contribution >= 4 is 17.3 Å². The van der Waals surface area contributed by atoms with Crippen LogP contribution in [0.25, 0.3) is 0 Å². The van der Waals surface area contributed by atoms with Gasteiger partial charge in [0.1, 0.15) is 0 Å². The second-order valence-corrected chi connectivity index (χ2v) is 7.59. The summed E-state index contributed by atoms with van der Waals surface area (Å²) in [5.74, 6) is 0.782. The molecule has 1 fully saturated rings. The van der Waals surface area contributed by atoms with Crippen molar-refractivity contribution in [3.63, 3.8) is 0 Å². The molecule has 0 saturated carbocycles. The van der Waals surface area contributed by atoms with Crippen LogP contribution in [0.2, 0.25) is 0 Å². The fourth-order valence-corrected chi connectivity index (χ4v) is 3.74. The predicted octanol–water partition coefficient (Wildman–Crippen LogP) is 3.37. The molecule has 9 nitrogen and oxygen atoms in total. The van der Waals surface area contributed by atoms with Crippen molar-refractivity contribution in [1.82, 2.24) is 4.90 Å². The minimum Gasteiger partial charge on any atom is -0.493 e. The fourth-order valence-electron chi connectivity index (χ4n) is 3.74. The number of nitrogens with zero attached hydrogens (tertiary/aromatic N) is 3. The number of methoxy groups -OCH3 is 2. The lowest BCUT2D eigenvalue weighted by atomic mass is 10.1. The molecule has 0 aliphatic carbocycles. The first kappa shape index (κ1) is 23.5. The molecule has 1 aliphatic heterocycles. The number of nitro groups is 1. The lowest BCUT2D eigenvalue weighted by molar-refractivity contribution is -0.384. The zero-order valence-corrected chi connectivity index (χ0v) is 18.7. The molecule has 32 heavy (non-hydrogen) atoms. The highest BCUT2D eigenvalue weighted by atomic mass is 16.6. The first-order valence-electron chi connectivity index (χ1n) is 10.5. The van der Waals surface area contributed by atoms with Gasteiger partial charge in [-0.2, -0.15) is 0 Å². The van der Waals surface area contributed by atoms with Gasteiger partial charge in [0.25, 0.3) is 11.6 Å². The summed E-state index contributed by atoms with van der Waals surface area (Å²) in [7, 11) is 3.06. The van der Waals surface area contributed by atoms with Crippen LogP contribution >= 0.6 is 0 Å². The highest BCUT2D eigenvalue weighted by Gasteiger charge is 2.23. The summed E-state index contributed by atoms with van der Waals surface area (Å²) < 4.78 is 16.0. The second kappa shape index (κ2) is 10.9. The Bertz CT molecular complexity index is 928. The standard InChI is InChI=1S/C23H29N3O6/c1-17(24-12-14-32-15-13-24)10-11-25(19-5-7-20(8-6-19)26(28)29)23(27)18-4-9-21(30-2)22(16-18)31-3/h4-9,16-17H,10-15H2,1-3H3. The van der Waals surface area contributed by atoms with E-state index in [4.69, 9.17) is 14.2 Å². The van der Waals surface area contributed by atoms with Crippen molar-refractivity contribution in [2.24, 2.45) is 0 Å². The third-order valence-corrected chi connectivity index (χ3v) is 5.69. The maximum absolute atomic E-state index is 13.5. The molecule has 1 saturated heterocycles. The van der Waals surface area contributed by atoms with Crippen molar-refractivity contribution in [2.75, 3.05) is 52.0 Å². The molecular formula is C23H29N3O6. The van der Waals surface area contributed by atoms with Gasteiger partial charge in [0.15, 0.2) is 11.5 Å². The Hall–Kier alpha value is -3.17. The van der Waals surface area contributed by atoms with E-state index in [1.807, 2.05) is 0 Å². The van der Waals surface area contributed by atoms with Crippen LogP contribution in [0, 0.1) is 10.1 Å². The Morgan fingerprint density at radius 1 is 1.12 bits per heavy atom. The van der Waals surface area contributed by atoms with Gasteiger partial charge in [-0.15, -0.1) is 0 Å². The van der Waals surface area contributed by atoms with Crippen LogP contribution in [0.5, 0.6) is 11.5 Å². The highest BCUT2D eigenvalue weighted by Crippen LogP contribution is 2.29. The van der Waals surface area contributed by atoms with Gasteiger partial charge in [0.05, 0.1) is 32.4 Å². The van der Waals surface area contributed by atoms with Crippen LogP contribution in [0.15, 0.2) is 42.5 Å². The predicted molar refractivity (Wildman–Crippen MR) is 121 cm³/mol. The van der Waals surface area contributed by atoms with Gasteiger partial charge >= 0.3 is 0 Å². The molecule has 1 unspecified atom stereocenters. The minimum absolute atomic E-state index is 0.0195. The number of morpholine rings is 1. The average molecular weight is 444 g/mol. The SMILES string of the molecule is COc1ccc(C(=O)N(CCC(C)N2CCOCC2)c2ccc([N+](=O)[O-])cc2)cc1OC. The van der Waals surface area contributed by atoms with E-state index in [0.29, 0.717) is 42.5 Å². The lowest BCUT2D eigenvalue weighted by Crippen LogP contribution is -2.44. The highest BCUT2D eigenvalue weighted by molar-refractivity contribution is 6.06. The van der Waals surface area contributed by atoms with Crippen molar-refractivity contribution in [2.45, 2.75) is 19.4 Å². The number of anilines is 1. The quantitative estimate of drug-likeness (QED) is 0.433. The smallest absolute Gasteiger partial charge is 0.269 e. The third kappa shape index (κ3) is 5.54. The average Bonchev–Trinajstić information content (AvgIpc) is 2.84. The van der Waals surface area contributed by atoms with E-state index < -0.39 is 4.92 Å². The number of hydrogen-bond donors (Lipinski definition) is 0. The first-order valence-corrected chi connectivity index (χ1v) is 10.5. The van der Waals surface area contributed by atoms with E-state index in [1.54, 1.807) is 35.2 Å². The lowest BCUT2D eigenvalue weighted by Gasteiger charge is -2.33. The summed E-state index contributed by atoms with van der Waals surface area (Å²) in [6.07, 6.45) is 0.746. The Kier molecular flexibility index (Phi) is 8.02. The molecule has 0 aromatic heterocycles. The molecule has 0 spiro atoms. The molecule has 0 bridgehead atoms. The maximum Gasteiger partial charge on any atom is 0.269 e. The van der Waals surface area contributed by atoms with Gasteiger partial charge in [0, 0.05) is 49.1 Å². The van der Waals surface area contributed by atoms with Crippen molar-refractivity contribution in [3.05, 3.63) is 58.1 Å². The summed E-state index contributed by atoms with van der Waals surface area (Å²) in [5.41, 5.74) is 1.03. The normalized spacial score (nSPS) is 15.1. The number of carbonyl (C=O) groups is 1. The van der Waals surface area contributed by atoms with E-state index in [9.17, 15) is 14.9 Å². The van der Waals surface area contributed by atoms with E-state index in [0.717, 1.165) is 19.5 Å². The number of amides is 1. The van der Waals surface area contributed by atoms with Crippen LogP contribution in [0.1, 0.15) is 23.7 Å². The number of non-ortho nitro benzene ring substituents is 1. The number of benzene rings is 2. The monoisotopic (exact) mass is 443 g/mol. The molecular weight excluding hydrogens is 414 g/mol. The topological polar surface area (TPSA) is 94.4 Å². The Morgan fingerprint density at radius 2 is 1.78 bits per heavy atom. The second-order valence-electron chi connectivity index (χ2n) is 7.59. The molecule has 1 atom stereocenters. The van der Waals surface area contributed by atoms with Gasteiger partial charge in [-0.05, 0) is 43.7 Å². The van der Waals surface area contributed by atoms with Crippen molar-refractivity contribution in [1.29, 1.82) is 0 Å². The molecule has 1 aliphatic rings. The fraction of sp³-hybridized carbons (Fsp3) is 0.435. The Morgan fingerprint density at radius 3 is 2.38 bits per heavy atom. The molecule has 172 valence electrons. The van der Waals surface area contributed by atoms with Crippen LogP contribution in [-0.2, 0) is 4.74 Å². The molecule has 0 N–H and O–H groups in total. The van der Waals surface area contributed by atoms with Gasteiger partial charge in [-0.3, -0.25) is 19.8 Å². The Balaban J connectivity index is 1.85. The van der Waals surface area contributed by atoms with Crippen LogP contribution in [0.4, 0.5) is 11.4 Å². The minimum atomic E-state index is -0.454. The van der Waals surface area contributed by atoms with E-state index in [2.05, 4.69) is 11.8 Å². The summed E-state index contributed by atoms with van der Waals surface area (Å²) in [6, 6.07) is 11.3. The first-order chi connectivity index (χ1) is 15.4. The summed E-state index contributed by atoms with van der Waals surface area (Å²) in [4.78, 5) is 28.1. The number of rotatable bonds is 9. The van der Waals surface area contributed by atoms with Gasteiger partial charge < -0.3 is 19.1 Å². The third-order valence-electron chi connectivity index (χ3n) is 5.69. The molecule has 2 aromatic rings. The zero-order chi connectivity index (χ0) is 23.1. The number of ether oxygens (including phenoxy) is 3. The zero-order valence-electron chi connectivity index (χ0n) is 18.7. The molecule has 1 heterocycles. The van der Waals surface area contributed by atoms with Gasteiger partial charge in [-0.1, -0.05) is 0 Å². The maximum atomic E-state index is 13.5. The van der Waals surface area contributed by atoms with Crippen LogP contribution in [-0.4, -0.2) is 68.8 Å². The summed E-state index contributed by atoms with van der Waals surface area (Å²) in [6.45, 7) is 5.75. The summed E-state index contributed by atoms with van der Waals surface area (Å²) in [5, 5.41) is 11.0. The molecule has 1 amide bonds. The van der Waals surface area contributed by atoms with Gasteiger partial charge in [0.2, 0.25) is 0 Å². The molecule has 2 aromatic carbocycles. The van der Waals surface area contributed by atoms with E-state index in [1.165, 1.54) is 26.4 Å². The number of nitro benzene ring substituents is 1. The van der Waals surface area contributed by atoms with Gasteiger partial charge in [-0.25, -0.2) is 0 Å². The van der Waals surface area contributed by atoms with Crippen molar-refractivity contribution < 1.29 is 23.9 Å². The number of carbonyl (C=O) groups excluding carboxylic acids is 1. The molecule has 9 heteroatoms. The van der Waals surface area contributed by atoms with Crippen LogP contribution in [0.3, 0.4) is 0 Å². The Labute approximate surface area is 187 Å². The van der Waals surface area contributed by atoms with Crippen LogP contribution < -0.4 is 14.4 Å². The summed E-state index contributed by atoms with van der Waals surface area (Å²) >= 11 is 0. The number of hydrogen-bond acceptors (Lipinski definition) is 7. The largest absolute Gasteiger partial charge is 0.493 e. The molecule has 0 radical (unpaired) electrons.